The van der Waals surface area contributed by atoms with E-state index in [-0.39, 0.29) is 28.3 Å². The Balaban J connectivity index is 1.80. The van der Waals surface area contributed by atoms with Crippen LogP contribution < -0.4 is 0 Å². The maximum Gasteiger partial charge on any atom is 0.434 e. The highest BCUT2D eigenvalue weighted by molar-refractivity contribution is 7.08. The molecule has 2 aromatic carbocycles. The van der Waals surface area contributed by atoms with Crippen LogP contribution in [0.15, 0.2) is 70.0 Å². The molecule has 4 nitrogen and oxygen atoms in total. The van der Waals surface area contributed by atoms with Gasteiger partial charge in [0.25, 0.3) is 0 Å². The highest BCUT2D eigenvalue weighted by Crippen LogP contribution is 2.46. The molecule has 5 rings (SSSR count). The fourth-order valence-corrected chi connectivity index (χ4v) is 4.69. The van der Waals surface area contributed by atoms with Crippen molar-refractivity contribution in [3.05, 3.63) is 88.4 Å². The average Bonchev–Trinajstić information content (AvgIpc) is 3.56. The van der Waals surface area contributed by atoms with Crippen LogP contribution in [0.4, 0.5) is 22.0 Å². The standard InChI is InChI=1S/C25H16F5N3OS/c1-2-14-5-3-8-19(27)20(14)22-21(15-9-10-35-13-15)23(34-32-22)18-12-31-33(24(18)25(28,29)30)17-7-4-6-16(26)11-17/h3-13H,2H2,1H3. The summed E-state index contributed by atoms with van der Waals surface area (Å²) in [6.07, 6.45) is -3.40. The first-order valence-corrected chi connectivity index (χ1v) is 11.5. The summed E-state index contributed by atoms with van der Waals surface area (Å²) in [5.74, 6) is -1.48. The van der Waals surface area contributed by atoms with Gasteiger partial charge in [0, 0.05) is 5.56 Å². The fourth-order valence-electron chi connectivity index (χ4n) is 4.04. The highest BCUT2D eigenvalue weighted by Gasteiger charge is 2.41. The van der Waals surface area contributed by atoms with Gasteiger partial charge in [-0.1, -0.05) is 30.3 Å². The van der Waals surface area contributed by atoms with Gasteiger partial charge < -0.3 is 4.52 Å². The van der Waals surface area contributed by atoms with Crippen molar-refractivity contribution in [3.8, 4) is 39.4 Å². The Labute approximate surface area is 200 Å². The van der Waals surface area contributed by atoms with Crippen LogP contribution in [0.5, 0.6) is 0 Å². The second-order valence-electron chi connectivity index (χ2n) is 7.67. The van der Waals surface area contributed by atoms with Crippen LogP contribution in [0.2, 0.25) is 0 Å². The number of thiophene rings is 1. The second kappa shape index (κ2) is 8.77. The van der Waals surface area contributed by atoms with Crippen molar-refractivity contribution in [1.82, 2.24) is 14.9 Å². The van der Waals surface area contributed by atoms with E-state index < -0.39 is 29.1 Å². The molecule has 0 aliphatic heterocycles. The van der Waals surface area contributed by atoms with E-state index in [0.717, 1.165) is 18.3 Å². The predicted octanol–water partition coefficient (Wildman–Crippen LogP) is 7.78. The van der Waals surface area contributed by atoms with Gasteiger partial charge in [-0.2, -0.15) is 29.6 Å². The fraction of sp³-hybridized carbons (Fsp3) is 0.120. The highest BCUT2D eigenvalue weighted by atomic mass is 32.1. The smallest absolute Gasteiger partial charge is 0.355 e. The van der Waals surface area contributed by atoms with Crippen molar-refractivity contribution in [1.29, 1.82) is 0 Å². The molecule has 0 amide bonds. The molecule has 0 aliphatic rings. The van der Waals surface area contributed by atoms with Crippen molar-refractivity contribution in [2.24, 2.45) is 0 Å². The monoisotopic (exact) mass is 501 g/mol. The molecule has 0 radical (unpaired) electrons. The molecule has 0 aliphatic carbocycles. The van der Waals surface area contributed by atoms with Gasteiger partial charge in [-0.25, -0.2) is 13.5 Å². The topological polar surface area (TPSA) is 43.9 Å². The Morgan fingerprint density at radius 2 is 1.83 bits per heavy atom. The number of hydrogen-bond acceptors (Lipinski definition) is 4. The molecule has 0 atom stereocenters. The first-order valence-electron chi connectivity index (χ1n) is 10.5. The quantitative estimate of drug-likeness (QED) is 0.231. The molecule has 5 aromatic rings. The van der Waals surface area contributed by atoms with Crippen LogP contribution in [-0.2, 0) is 12.6 Å². The van der Waals surface area contributed by atoms with Gasteiger partial charge in [-0.3, -0.25) is 0 Å². The molecule has 0 bridgehead atoms. The Hall–Kier alpha value is -3.79. The van der Waals surface area contributed by atoms with Crippen molar-refractivity contribution < 1.29 is 26.5 Å². The number of rotatable bonds is 5. The molecular weight excluding hydrogens is 485 g/mol. The lowest BCUT2D eigenvalue weighted by Crippen LogP contribution is -2.14. The molecule has 0 N–H and O–H groups in total. The van der Waals surface area contributed by atoms with Crippen LogP contribution in [0, 0.1) is 11.6 Å². The summed E-state index contributed by atoms with van der Waals surface area (Å²) < 4.78 is 77.8. The van der Waals surface area contributed by atoms with E-state index in [1.54, 1.807) is 29.0 Å². The summed E-state index contributed by atoms with van der Waals surface area (Å²) in [7, 11) is 0. The number of aryl methyl sites for hydroxylation is 1. The van der Waals surface area contributed by atoms with E-state index >= 15 is 0 Å². The van der Waals surface area contributed by atoms with Crippen molar-refractivity contribution in [2.75, 3.05) is 0 Å². The molecule has 0 spiro atoms. The number of aromatic nitrogens is 3. The van der Waals surface area contributed by atoms with E-state index in [1.165, 1.54) is 29.5 Å². The van der Waals surface area contributed by atoms with Gasteiger partial charge in [-0.15, -0.1) is 0 Å². The van der Waals surface area contributed by atoms with Crippen LogP contribution in [0.1, 0.15) is 18.2 Å². The maximum atomic E-state index is 15.0. The van der Waals surface area contributed by atoms with E-state index in [4.69, 9.17) is 4.52 Å². The van der Waals surface area contributed by atoms with Gasteiger partial charge in [0.2, 0.25) is 0 Å². The SMILES string of the molecule is CCc1cccc(F)c1-c1noc(-c2cnn(-c3cccc(F)c3)c2C(F)(F)F)c1-c1ccsc1. The molecule has 0 fully saturated rings. The molecule has 0 saturated heterocycles. The summed E-state index contributed by atoms with van der Waals surface area (Å²) in [5.41, 5.74) is -0.0241. The van der Waals surface area contributed by atoms with Gasteiger partial charge in [0.1, 0.15) is 17.3 Å². The van der Waals surface area contributed by atoms with E-state index in [0.29, 0.717) is 22.2 Å². The first kappa shape index (κ1) is 23.0. The Morgan fingerprint density at radius 1 is 1.03 bits per heavy atom. The van der Waals surface area contributed by atoms with E-state index in [9.17, 15) is 22.0 Å². The number of nitrogens with zero attached hydrogens (tertiary/aromatic N) is 3. The maximum absolute atomic E-state index is 15.0. The van der Waals surface area contributed by atoms with Crippen molar-refractivity contribution in [3.63, 3.8) is 0 Å². The summed E-state index contributed by atoms with van der Waals surface area (Å²) in [5, 5.41) is 11.4. The molecule has 178 valence electrons. The normalized spacial score (nSPS) is 11.8. The van der Waals surface area contributed by atoms with Crippen molar-refractivity contribution >= 4 is 11.3 Å². The number of alkyl halides is 3. The third-order valence-corrected chi connectivity index (χ3v) is 6.24. The van der Waals surface area contributed by atoms with Crippen molar-refractivity contribution in [2.45, 2.75) is 19.5 Å². The summed E-state index contributed by atoms with van der Waals surface area (Å²) in [6, 6.07) is 10.9. The van der Waals surface area contributed by atoms with Crippen LogP contribution in [0.25, 0.3) is 39.4 Å². The number of halogens is 5. The summed E-state index contributed by atoms with van der Waals surface area (Å²) in [6.45, 7) is 1.84. The zero-order valence-electron chi connectivity index (χ0n) is 18.1. The van der Waals surface area contributed by atoms with Gasteiger partial charge >= 0.3 is 6.18 Å². The molecule has 0 unspecified atom stereocenters. The molecule has 10 heteroatoms. The zero-order valence-corrected chi connectivity index (χ0v) is 18.9. The minimum atomic E-state index is -4.87. The lowest BCUT2D eigenvalue weighted by Gasteiger charge is -2.13. The first-order chi connectivity index (χ1) is 16.8. The van der Waals surface area contributed by atoms with Gasteiger partial charge in [-0.05, 0) is 58.6 Å². The Kier molecular flexibility index (Phi) is 5.76. The number of hydrogen-bond donors (Lipinski definition) is 0. The second-order valence-corrected chi connectivity index (χ2v) is 8.45. The minimum absolute atomic E-state index is 0.0972. The third kappa shape index (κ3) is 4.03. The van der Waals surface area contributed by atoms with Gasteiger partial charge in [0.05, 0.1) is 23.0 Å². The Bertz CT molecular complexity index is 1500. The predicted molar refractivity (Wildman–Crippen MR) is 122 cm³/mol. The van der Waals surface area contributed by atoms with E-state index in [2.05, 4.69) is 10.3 Å². The largest absolute Gasteiger partial charge is 0.434 e. The molecule has 0 saturated carbocycles. The van der Waals surface area contributed by atoms with Crippen LogP contribution >= 0.6 is 11.3 Å². The lowest BCUT2D eigenvalue weighted by molar-refractivity contribution is -0.142. The average molecular weight is 501 g/mol. The number of benzene rings is 2. The van der Waals surface area contributed by atoms with Crippen LogP contribution in [0.3, 0.4) is 0 Å². The van der Waals surface area contributed by atoms with E-state index in [1.807, 2.05) is 6.92 Å². The molecule has 35 heavy (non-hydrogen) atoms. The third-order valence-electron chi connectivity index (χ3n) is 5.55. The summed E-state index contributed by atoms with van der Waals surface area (Å²) in [4.78, 5) is 0. The van der Waals surface area contributed by atoms with Gasteiger partial charge in [0.15, 0.2) is 11.5 Å². The zero-order chi connectivity index (χ0) is 24.7. The lowest BCUT2D eigenvalue weighted by atomic mass is 9.94. The Morgan fingerprint density at radius 3 is 2.51 bits per heavy atom. The minimum Gasteiger partial charge on any atom is -0.355 e. The molecule has 3 heterocycles. The molecule has 3 aromatic heterocycles. The molecular formula is C25H16F5N3OS. The summed E-state index contributed by atoms with van der Waals surface area (Å²) >= 11 is 1.33. The van der Waals surface area contributed by atoms with Crippen LogP contribution in [-0.4, -0.2) is 14.9 Å².